The van der Waals surface area contributed by atoms with Crippen molar-refractivity contribution in [2.75, 3.05) is 47.4 Å². The Morgan fingerprint density at radius 3 is 2.37 bits per heavy atom. The van der Waals surface area contributed by atoms with Gasteiger partial charge in [0.15, 0.2) is 0 Å². The summed E-state index contributed by atoms with van der Waals surface area (Å²) in [7, 11) is 1.10. The van der Waals surface area contributed by atoms with E-state index >= 15 is 0 Å². The fraction of sp³-hybridized carbons (Fsp3) is 0.462. The van der Waals surface area contributed by atoms with E-state index in [2.05, 4.69) is 22.4 Å². The molecule has 1 aliphatic rings. The molecule has 0 saturated heterocycles. The van der Waals surface area contributed by atoms with E-state index in [1.165, 1.54) is 11.4 Å². The fourth-order valence-corrected chi connectivity index (χ4v) is 5.84. The van der Waals surface area contributed by atoms with Crippen LogP contribution >= 0.6 is 0 Å². The van der Waals surface area contributed by atoms with Gasteiger partial charge >= 0.3 is 0 Å². The van der Waals surface area contributed by atoms with E-state index in [-0.39, 0.29) is 23.8 Å². The van der Waals surface area contributed by atoms with Gasteiger partial charge in [-0.25, -0.2) is 12.7 Å². The average molecular weight is 501 g/mol. The maximum Gasteiger partial charge on any atom is 0.243 e. The predicted molar refractivity (Wildman–Crippen MR) is 139 cm³/mol. The molecule has 2 aromatic carbocycles. The van der Waals surface area contributed by atoms with Gasteiger partial charge in [0.25, 0.3) is 0 Å². The van der Waals surface area contributed by atoms with Gasteiger partial charge in [-0.05, 0) is 55.5 Å². The van der Waals surface area contributed by atoms with Crippen LogP contribution in [0.5, 0.6) is 5.75 Å². The quantitative estimate of drug-likeness (QED) is 0.542. The number of nitrogens with zero attached hydrogens (tertiary/aromatic N) is 3. The Morgan fingerprint density at radius 1 is 1.09 bits per heavy atom. The molecule has 0 bridgehead atoms. The molecule has 0 aliphatic carbocycles. The molecule has 9 heteroatoms. The molecule has 0 atom stereocenters. The number of rotatable bonds is 10. The van der Waals surface area contributed by atoms with E-state index in [0.717, 1.165) is 42.0 Å². The Kier molecular flexibility index (Phi) is 8.56. The van der Waals surface area contributed by atoms with Crippen LogP contribution in [0, 0.1) is 20.8 Å². The van der Waals surface area contributed by atoms with Gasteiger partial charge in [-0.15, -0.1) is 0 Å². The lowest BCUT2D eigenvalue weighted by Gasteiger charge is -2.23. The molecule has 0 unspecified atom stereocenters. The van der Waals surface area contributed by atoms with E-state index in [1.54, 1.807) is 39.0 Å². The van der Waals surface area contributed by atoms with Crippen molar-refractivity contribution >= 4 is 21.8 Å². The van der Waals surface area contributed by atoms with Crippen LogP contribution in [0.3, 0.4) is 0 Å². The molecule has 1 heterocycles. The van der Waals surface area contributed by atoms with Gasteiger partial charge in [0.05, 0.1) is 18.6 Å². The molecule has 8 nitrogen and oxygen atoms in total. The minimum Gasteiger partial charge on any atom is -0.496 e. The Balaban J connectivity index is 1.56. The number of amides is 1. The number of methoxy groups -OCH3 is 1. The summed E-state index contributed by atoms with van der Waals surface area (Å²) in [6, 6.07) is 9.93. The second kappa shape index (κ2) is 11.2. The van der Waals surface area contributed by atoms with Crippen LogP contribution in [-0.2, 0) is 21.2 Å². The third-order valence-corrected chi connectivity index (χ3v) is 8.72. The van der Waals surface area contributed by atoms with E-state index in [4.69, 9.17) is 4.74 Å². The van der Waals surface area contributed by atoms with Crippen molar-refractivity contribution in [2.45, 2.75) is 38.5 Å². The number of aliphatic imine (C=N–C) groups is 1. The average Bonchev–Trinajstić information content (AvgIpc) is 3.38. The van der Waals surface area contributed by atoms with E-state index in [9.17, 15) is 13.2 Å². The third-order valence-electron chi connectivity index (χ3n) is 6.57. The summed E-state index contributed by atoms with van der Waals surface area (Å²) < 4.78 is 33.2. The largest absolute Gasteiger partial charge is 0.496 e. The first-order valence-corrected chi connectivity index (χ1v) is 13.2. The van der Waals surface area contributed by atoms with Gasteiger partial charge < -0.3 is 15.0 Å². The maximum atomic E-state index is 13.3. The van der Waals surface area contributed by atoms with Crippen LogP contribution in [-0.4, -0.2) is 76.7 Å². The van der Waals surface area contributed by atoms with Gasteiger partial charge in [-0.1, -0.05) is 24.3 Å². The summed E-state index contributed by atoms with van der Waals surface area (Å²) >= 11 is 0. The number of carbonyl (C=O) groups is 1. The van der Waals surface area contributed by atoms with Gasteiger partial charge in [0, 0.05) is 45.7 Å². The molecule has 190 valence electrons. The Labute approximate surface area is 209 Å². The smallest absolute Gasteiger partial charge is 0.243 e. The van der Waals surface area contributed by atoms with Crippen molar-refractivity contribution in [1.82, 2.24) is 14.5 Å². The summed E-state index contributed by atoms with van der Waals surface area (Å²) in [5.74, 6) is 1.50. The van der Waals surface area contributed by atoms with Crippen LogP contribution in [0.25, 0.3) is 0 Å². The SMILES string of the molecule is COc1cc(C)c(S(=O)(=O)N(C)CCC(=O)N(C)CCc2ccc(C3=NCCN3)cc2)c(C)c1C. The summed E-state index contributed by atoms with van der Waals surface area (Å²) in [6.45, 7) is 7.74. The van der Waals surface area contributed by atoms with Gasteiger partial charge in [0.1, 0.15) is 11.6 Å². The van der Waals surface area contributed by atoms with Crippen molar-refractivity contribution < 1.29 is 17.9 Å². The first kappa shape index (κ1) is 26.7. The molecule has 0 radical (unpaired) electrons. The maximum absolute atomic E-state index is 13.3. The van der Waals surface area contributed by atoms with E-state index in [0.29, 0.717) is 23.4 Å². The van der Waals surface area contributed by atoms with Crippen LogP contribution in [0.1, 0.15) is 34.2 Å². The molecule has 3 rings (SSSR count). The molecule has 1 N–H and O–H groups in total. The molecule has 0 fully saturated rings. The highest BCUT2D eigenvalue weighted by atomic mass is 32.2. The number of hydrogen-bond donors (Lipinski definition) is 1. The minimum absolute atomic E-state index is 0.0902. The zero-order chi connectivity index (χ0) is 25.8. The summed E-state index contributed by atoms with van der Waals surface area (Å²) in [5.41, 5.74) is 4.28. The molecule has 1 aliphatic heterocycles. The van der Waals surface area contributed by atoms with E-state index in [1.807, 2.05) is 19.1 Å². The molecule has 0 aromatic heterocycles. The number of ether oxygens (including phenoxy) is 1. The van der Waals surface area contributed by atoms with Crippen LogP contribution in [0.2, 0.25) is 0 Å². The van der Waals surface area contributed by atoms with Gasteiger partial charge in [0.2, 0.25) is 15.9 Å². The number of amidine groups is 1. The number of aryl methyl sites for hydroxylation is 1. The lowest BCUT2D eigenvalue weighted by atomic mass is 10.1. The van der Waals surface area contributed by atoms with Crippen LogP contribution < -0.4 is 10.1 Å². The van der Waals surface area contributed by atoms with Crippen molar-refractivity contribution in [3.63, 3.8) is 0 Å². The number of benzene rings is 2. The normalized spacial score (nSPS) is 13.5. The lowest BCUT2D eigenvalue weighted by molar-refractivity contribution is -0.129. The third kappa shape index (κ3) is 6.02. The molecular formula is C26H36N4O4S. The minimum atomic E-state index is -3.74. The summed E-state index contributed by atoms with van der Waals surface area (Å²) in [5, 5.41) is 3.26. The Morgan fingerprint density at radius 2 is 1.77 bits per heavy atom. The Hall–Kier alpha value is -2.91. The highest BCUT2D eigenvalue weighted by molar-refractivity contribution is 7.89. The number of sulfonamides is 1. The number of carbonyl (C=O) groups excluding carboxylic acids is 1. The molecule has 2 aromatic rings. The van der Waals surface area contributed by atoms with Crippen LogP contribution in [0.15, 0.2) is 40.2 Å². The highest BCUT2D eigenvalue weighted by Crippen LogP contribution is 2.32. The first-order chi connectivity index (χ1) is 16.6. The molecule has 0 saturated carbocycles. The topological polar surface area (TPSA) is 91.3 Å². The monoisotopic (exact) mass is 500 g/mol. The standard InChI is InChI=1S/C26H36N4O4S/c1-18-17-23(34-6)19(2)20(3)25(18)35(32,33)30(5)16-12-24(31)29(4)15-11-21-7-9-22(10-8-21)26-27-13-14-28-26/h7-10,17H,11-16H2,1-6H3,(H,27,28). The number of likely N-dealkylation sites (N-methyl/N-ethyl adjacent to an activating group) is 1. The van der Waals surface area contributed by atoms with Crippen molar-refractivity contribution in [3.8, 4) is 5.75 Å². The molecule has 0 spiro atoms. The van der Waals surface area contributed by atoms with E-state index < -0.39 is 10.0 Å². The highest BCUT2D eigenvalue weighted by Gasteiger charge is 2.27. The van der Waals surface area contributed by atoms with Gasteiger partial charge in [-0.3, -0.25) is 9.79 Å². The van der Waals surface area contributed by atoms with Gasteiger partial charge in [-0.2, -0.15) is 0 Å². The number of hydrogen-bond acceptors (Lipinski definition) is 6. The fourth-order valence-electron chi connectivity index (χ4n) is 4.19. The molecule has 35 heavy (non-hydrogen) atoms. The van der Waals surface area contributed by atoms with Crippen molar-refractivity contribution in [1.29, 1.82) is 0 Å². The predicted octanol–water partition coefficient (Wildman–Crippen LogP) is 2.68. The zero-order valence-electron chi connectivity index (χ0n) is 21.5. The lowest BCUT2D eigenvalue weighted by Crippen LogP contribution is -2.35. The first-order valence-electron chi connectivity index (χ1n) is 11.8. The number of nitrogens with one attached hydrogen (secondary N) is 1. The second-order valence-corrected chi connectivity index (χ2v) is 11.0. The zero-order valence-corrected chi connectivity index (χ0v) is 22.3. The second-order valence-electron chi connectivity index (χ2n) is 8.97. The van der Waals surface area contributed by atoms with Crippen LogP contribution in [0.4, 0.5) is 0 Å². The van der Waals surface area contributed by atoms with Crippen molar-refractivity contribution in [2.24, 2.45) is 4.99 Å². The van der Waals surface area contributed by atoms with Crippen molar-refractivity contribution in [3.05, 3.63) is 58.1 Å². The summed E-state index contributed by atoms with van der Waals surface area (Å²) in [6.07, 6.45) is 0.837. The summed E-state index contributed by atoms with van der Waals surface area (Å²) in [4.78, 5) is 19.1. The molecule has 1 amide bonds. The molecular weight excluding hydrogens is 464 g/mol. The Bertz CT molecular complexity index is 1210.